The first-order valence-corrected chi connectivity index (χ1v) is 4.50. The average Bonchev–Trinajstić information content (AvgIpc) is 2.81. The predicted molar refractivity (Wildman–Crippen MR) is 54.4 cm³/mol. The fraction of sp³-hybridized carbons (Fsp3) is 0.700. The minimum absolute atomic E-state index is 0.110. The summed E-state index contributed by atoms with van der Waals surface area (Å²) in [7, 11) is 0. The SMILES string of the molecule is [2H]C([2H])(c1cnc[nH]1)C([2H])([2H])C(N)(CC)CC. The van der Waals surface area contributed by atoms with Gasteiger partial charge in [0, 0.05) is 22.9 Å². The van der Waals surface area contributed by atoms with Crippen LogP contribution in [0.15, 0.2) is 12.5 Å². The van der Waals surface area contributed by atoms with Gasteiger partial charge in [-0.1, -0.05) is 13.8 Å². The lowest BCUT2D eigenvalue weighted by Gasteiger charge is -2.26. The van der Waals surface area contributed by atoms with E-state index in [-0.39, 0.29) is 5.69 Å². The molecule has 3 nitrogen and oxygen atoms in total. The fourth-order valence-corrected chi connectivity index (χ4v) is 0.943. The smallest absolute Gasteiger partial charge is 0.0921 e. The molecule has 0 aliphatic rings. The van der Waals surface area contributed by atoms with Gasteiger partial charge in [-0.3, -0.25) is 0 Å². The summed E-state index contributed by atoms with van der Waals surface area (Å²) in [6, 6.07) is 0. The van der Waals surface area contributed by atoms with Crippen LogP contribution < -0.4 is 5.73 Å². The molecule has 0 saturated carbocycles. The highest BCUT2D eigenvalue weighted by Gasteiger charge is 2.19. The highest BCUT2D eigenvalue weighted by Crippen LogP contribution is 2.17. The monoisotopic (exact) mass is 185 g/mol. The third-order valence-corrected chi connectivity index (χ3v) is 2.21. The third kappa shape index (κ3) is 2.84. The molecule has 0 bridgehead atoms. The Morgan fingerprint density at radius 2 is 2.31 bits per heavy atom. The molecule has 0 amide bonds. The van der Waals surface area contributed by atoms with Crippen LogP contribution in [-0.4, -0.2) is 15.5 Å². The van der Waals surface area contributed by atoms with Gasteiger partial charge in [-0.25, -0.2) is 4.98 Å². The van der Waals surface area contributed by atoms with Crippen LogP contribution in [0.4, 0.5) is 0 Å². The van der Waals surface area contributed by atoms with E-state index in [4.69, 9.17) is 11.2 Å². The number of nitrogens with two attached hydrogens (primary N) is 1. The van der Waals surface area contributed by atoms with E-state index in [1.807, 2.05) is 0 Å². The summed E-state index contributed by atoms with van der Waals surface area (Å²) in [4.78, 5) is 6.35. The molecule has 3 N–H and O–H groups in total. The molecule has 0 radical (unpaired) electrons. The van der Waals surface area contributed by atoms with Gasteiger partial charge in [0.25, 0.3) is 0 Å². The molecule has 74 valence electrons. The summed E-state index contributed by atoms with van der Waals surface area (Å²) in [5.41, 5.74) is 4.92. The van der Waals surface area contributed by atoms with Crippen molar-refractivity contribution in [1.82, 2.24) is 9.97 Å². The lowest BCUT2D eigenvalue weighted by Crippen LogP contribution is -2.38. The van der Waals surface area contributed by atoms with Gasteiger partial charge < -0.3 is 10.7 Å². The van der Waals surface area contributed by atoms with Gasteiger partial charge in [0.15, 0.2) is 0 Å². The number of imidazole rings is 1. The molecule has 0 aromatic carbocycles. The number of rotatable bonds is 5. The summed E-state index contributed by atoms with van der Waals surface area (Å²) in [6.07, 6.45) is -1.03. The van der Waals surface area contributed by atoms with Gasteiger partial charge in [0.1, 0.15) is 0 Å². The Bertz CT molecular complexity index is 358. The highest BCUT2D eigenvalue weighted by atomic mass is 14.9. The van der Waals surface area contributed by atoms with Gasteiger partial charge >= 0.3 is 0 Å². The van der Waals surface area contributed by atoms with Crippen LogP contribution in [0.3, 0.4) is 0 Å². The molecule has 0 atom stereocenters. The number of nitrogens with zero attached hydrogens (tertiary/aromatic N) is 1. The number of hydrogen-bond donors (Lipinski definition) is 2. The largest absolute Gasteiger partial charge is 0.348 e. The second kappa shape index (κ2) is 4.42. The van der Waals surface area contributed by atoms with Gasteiger partial charge in [-0.2, -0.15) is 0 Å². The van der Waals surface area contributed by atoms with Gasteiger partial charge in [-0.05, 0) is 25.6 Å². The molecule has 0 aliphatic heterocycles. The fourth-order valence-electron chi connectivity index (χ4n) is 0.943. The summed E-state index contributed by atoms with van der Waals surface area (Å²) in [6.45, 7) is 3.54. The normalized spacial score (nSPS) is 18.7. The van der Waals surface area contributed by atoms with Crippen LogP contribution in [0.2, 0.25) is 0 Å². The number of H-pyrrole nitrogens is 1. The highest BCUT2D eigenvalue weighted by molar-refractivity contribution is 4.97. The maximum Gasteiger partial charge on any atom is 0.0921 e. The Morgan fingerprint density at radius 1 is 1.62 bits per heavy atom. The van der Waals surface area contributed by atoms with Crippen molar-refractivity contribution in [3.63, 3.8) is 0 Å². The molecule has 1 aromatic rings. The zero-order valence-corrected chi connectivity index (χ0v) is 8.09. The molecule has 0 fully saturated rings. The second-order valence-electron chi connectivity index (χ2n) is 3.08. The zero-order valence-electron chi connectivity index (χ0n) is 12.1. The standard InChI is InChI=1S/C10H19N3/c1-3-10(11,4-2)6-5-9-7-12-8-13-9/h7-8H,3-6,11H2,1-2H3,(H,12,13)/i5D2,6D2. The van der Waals surface area contributed by atoms with Crippen molar-refractivity contribution >= 4 is 0 Å². The Morgan fingerprint density at radius 3 is 2.77 bits per heavy atom. The van der Waals surface area contributed by atoms with Crippen molar-refractivity contribution in [2.75, 3.05) is 0 Å². The minimum Gasteiger partial charge on any atom is -0.348 e. The molecule has 0 unspecified atom stereocenters. The van der Waals surface area contributed by atoms with Crippen LogP contribution in [0, 0.1) is 0 Å². The molecular formula is C10H19N3. The van der Waals surface area contributed by atoms with Crippen LogP contribution in [0.5, 0.6) is 0 Å². The van der Waals surface area contributed by atoms with E-state index in [1.54, 1.807) is 13.8 Å². The molecule has 1 heterocycles. The van der Waals surface area contributed by atoms with Crippen molar-refractivity contribution in [2.45, 2.75) is 45.0 Å². The van der Waals surface area contributed by atoms with Crippen LogP contribution >= 0.6 is 0 Å². The van der Waals surface area contributed by atoms with Crippen LogP contribution in [0.25, 0.3) is 0 Å². The number of aromatic nitrogens is 2. The molecule has 0 aliphatic carbocycles. The Hall–Kier alpha value is -0.830. The summed E-state index contributed by atoms with van der Waals surface area (Å²) >= 11 is 0. The first-order valence-electron chi connectivity index (χ1n) is 6.50. The molecule has 0 saturated heterocycles. The van der Waals surface area contributed by atoms with Crippen molar-refractivity contribution in [2.24, 2.45) is 5.73 Å². The third-order valence-electron chi connectivity index (χ3n) is 2.21. The maximum atomic E-state index is 8.08. The number of aromatic amines is 1. The predicted octanol–water partition coefficient (Wildman–Crippen LogP) is 1.86. The second-order valence-corrected chi connectivity index (χ2v) is 3.08. The van der Waals surface area contributed by atoms with E-state index < -0.39 is 18.3 Å². The molecule has 1 rings (SSSR count). The zero-order chi connectivity index (χ0) is 13.3. The van der Waals surface area contributed by atoms with E-state index in [1.165, 1.54) is 12.5 Å². The summed E-state index contributed by atoms with van der Waals surface area (Å²) < 4.78 is 32.1. The van der Waals surface area contributed by atoms with E-state index in [9.17, 15) is 0 Å². The van der Waals surface area contributed by atoms with Crippen molar-refractivity contribution < 1.29 is 5.48 Å². The molecular weight excluding hydrogens is 162 g/mol. The number of hydrogen-bond acceptors (Lipinski definition) is 2. The molecule has 0 spiro atoms. The van der Waals surface area contributed by atoms with E-state index in [2.05, 4.69) is 9.97 Å². The maximum absolute atomic E-state index is 8.08. The molecule has 1 aromatic heterocycles. The Labute approximate surface area is 85.4 Å². The Kier molecular flexibility index (Phi) is 1.97. The number of aryl methyl sites for hydroxylation is 1. The van der Waals surface area contributed by atoms with E-state index in [0.29, 0.717) is 12.8 Å². The quantitative estimate of drug-likeness (QED) is 0.735. The first-order chi connectivity index (χ1) is 7.73. The average molecular weight is 185 g/mol. The molecule has 13 heavy (non-hydrogen) atoms. The molecule has 3 heteroatoms. The van der Waals surface area contributed by atoms with Crippen molar-refractivity contribution in [3.05, 3.63) is 18.2 Å². The van der Waals surface area contributed by atoms with Crippen molar-refractivity contribution in [1.29, 1.82) is 0 Å². The van der Waals surface area contributed by atoms with Crippen LogP contribution in [0.1, 0.15) is 44.2 Å². The van der Waals surface area contributed by atoms with Gasteiger partial charge in [0.2, 0.25) is 0 Å². The summed E-state index contributed by atoms with van der Waals surface area (Å²) in [5, 5.41) is 0. The van der Waals surface area contributed by atoms with E-state index >= 15 is 0 Å². The summed E-state index contributed by atoms with van der Waals surface area (Å²) in [5.74, 6) is 0. The lowest BCUT2D eigenvalue weighted by atomic mass is 9.88. The first kappa shape index (κ1) is 5.81. The van der Waals surface area contributed by atoms with Crippen molar-refractivity contribution in [3.8, 4) is 0 Å². The van der Waals surface area contributed by atoms with Crippen LogP contribution in [-0.2, 0) is 6.37 Å². The van der Waals surface area contributed by atoms with Gasteiger partial charge in [0.05, 0.1) is 6.33 Å². The minimum atomic E-state index is -2.20. The number of nitrogens with one attached hydrogen (secondary N) is 1. The Balaban J connectivity index is 3.21. The topological polar surface area (TPSA) is 54.7 Å². The van der Waals surface area contributed by atoms with E-state index in [0.717, 1.165) is 0 Å². The lowest BCUT2D eigenvalue weighted by molar-refractivity contribution is 0.366. The van der Waals surface area contributed by atoms with Gasteiger partial charge in [-0.15, -0.1) is 0 Å².